The summed E-state index contributed by atoms with van der Waals surface area (Å²) in [5.74, 6) is 0.564. The van der Waals surface area contributed by atoms with Gasteiger partial charge in [-0.3, -0.25) is 0 Å². The molecule has 96 valence electrons. The second-order valence-electron chi connectivity index (χ2n) is 3.74. The molecule has 0 unspecified atom stereocenters. The maximum atomic E-state index is 5.56. The van der Waals surface area contributed by atoms with Gasteiger partial charge >= 0.3 is 6.01 Å². The number of methoxy groups -OCH3 is 1. The third-order valence-corrected chi connectivity index (χ3v) is 1.78. The molecule has 0 aliphatic rings. The van der Waals surface area contributed by atoms with Crippen LogP contribution >= 0.6 is 0 Å². The van der Waals surface area contributed by atoms with Crippen molar-refractivity contribution in [3.63, 3.8) is 0 Å². The van der Waals surface area contributed by atoms with Crippen molar-refractivity contribution < 1.29 is 9.47 Å². The highest BCUT2D eigenvalue weighted by molar-refractivity contribution is 5.32. The van der Waals surface area contributed by atoms with Gasteiger partial charge in [0, 0.05) is 20.3 Å². The normalized spacial score (nSPS) is 10.6. The van der Waals surface area contributed by atoms with Crippen LogP contribution < -0.4 is 15.8 Å². The predicted molar refractivity (Wildman–Crippen MR) is 65.0 cm³/mol. The molecule has 0 aliphatic carbocycles. The molecule has 0 aromatic carbocycles. The van der Waals surface area contributed by atoms with E-state index in [0.29, 0.717) is 19.1 Å². The van der Waals surface area contributed by atoms with E-state index in [0.717, 1.165) is 6.42 Å². The van der Waals surface area contributed by atoms with Gasteiger partial charge in [-0.05, 0) is 20.3 Å². The Morgan fingerprint density at radius 2 is 2.06 bits per heavy atom. The van der Waals surface area contributed by atoms with Crippen molar-refractivity contribution in [3.05, 3.63) is 0 Å². The Labute approximate surface area is 101 Å². The van der Waals surface area contributed by atoms with Gasteiger partial charge in [0.25, 0.3) is 0 Å². The number of hydrogen-bond donors (Lipinski definition) is 2. The van der Waals surface area contributed by atoms with E-state index in [4.69, 9.17) is 15.2 Å². The Bertz CT molecular complexity index is 345. The van der Waals surface area contributed by atoms with Gasteiger partial charge in [0.15, 0.2) is 0 Å². The van der Waals surface area contributed by atoms with Crippen LogP contribution in [0.2, 0.25) is 0 Å². The Hall–Kier alpha value is -1.63. The second-order valence-corrected chi connectivity index (χ2v) is 3.74. The van der Waals surface area contributed by atoms with Crippen LogP contribution in [0.4, 0.5) is 11.9 Å². The van der Waals surface area contributed by atoms with Crippen LogP contribution in [0.3, 0.4) is 0 Å². The van der Waals surface area contributed by atoms with Gasteiger partial charge in [-0.25, -0.2) is 0 Å². The summed E-state index contributed by atoms with van der Waals surface area (Å²) in [6, 6.07) is 0.238. The van der Waals surface area contributed by atoms with Gasteiger partial charge in [-0.1, -0.05) is 0 Å². The van der Waals surface area contributed by atoms with Crippen LogP contribution in [0.5, 0.6) is 6.01 Å². The van der Waals surface area contributed by atoms with E-state index >= 15 is 0 Å². The van der Waals surface area contributed by atoms with Crippen LogP contribution in [0.25, 0.3) is 0 Å². The minimum absolute atomic E-state index is 0.00172. The minimum Gasteiger partial charge on any atom is -0.461 e. The van der Waals surface area contributed by atoms with Crippen LogP contribution in [0.15, 0.2) is 0 Å². The second kappa shape index (κ2) is 6.85. The molecule has 17 heavy (non-hydrogen) atoms. The highest BCUT2D eigenvalue weighted by Crippen LogP contribution is 2.10. The molecular weight excluding hydrogens is 222 g/mol. The SMILES string of the molecule is COCCCNc1nc(N)nc(OC(C)C)n1. The summed E-state index contributed by atoms with van der Waals surface area (Å²) < 4.78 is 10.3. The predicted octanol–water partition coefficient (Wildman–Crippen LogP) is 0.689. The first-order valence-electron chi connectivity index (χ1n) is 5.53. The van der Waals surface area contributed by atoms with E-state index < -0.39 is 0 Å². The van der Waals surface area contributed by atoms with Crippen LogP contribution in [0.1, 0.15) is 20.3 Å². The largest absolute Gasteiger partial charge is 0.461 e. The maximum Gasteiger partial charge on any atom is 0.323 e. The molecule has 0 saturated carbocycles. The number of nitrogens with two attached hydrogens (primary N) is 1. The Kier molecular flexibility index (Phi) is 5.41. The van der Waals surface area contributed by atoms with Crippen molar-refractivity contribution in [3.8, 4) is 6.01 Å². The molecule has 0 saturated heterocycles. The van der Waals surface area contributed by atoms with Gasteiger partial charge < -0.3 is 20.5 Å². The zero-order chi connectivity index (χ0) is 12.7. The number of rotatable bonds is 7. The molecule has 0 radical (unpaired) electrons. The summed E-state index contributed by atoms with van der Waals surface area (Å²) in [5.41, 5.74) is 5.56. The molecular formula is C10H19N5O2. The summed E-state index contributed by atoms with van der Waals surface area (Å²) in [5, 5.41) is 3.03. The summed E-state index contributed by atoms with van der Waals surface area (Å²) in [4.78, 5) is 11.9. The van der Waals surface area contributed by atoms with E-state index in [-0.39, 0.29) is 18.1 Å². The molecule has 0 amide bonds. The first-order valence-corrected chi connectivity index (χ1v) is 5.53. The maximum absolute atomic E-state index is 5.56. The van der Waals surface area contributed by atoms with E-state index in [1.807, 2.05) is 13.8 Å². The standard InChI is InChI=1S/C10H19N5O2/c1-7(2)17-10-14-8(11)13-9(15-10)12-5-4-6-16-3/h7H,4-6H2,1-3H3,(H3,11,12,13,14,15). The minimum atomic E-state index is -0.00172. The topological polar surface area (TPSA) is 95.2 Å². The average molecular weight is 241 g/mol. The smallest absolute Gasteiger partial charge is 0.323 e. The van der Waals surface area contributed by atoms with Crippen molar-refractivity contribution in [1.82, 2.24) is 15.0 Å². The first-order chi connectivity index (χ1) is 8.11. The molecule has 0 aliphatic heterocycles. The number of nitrogens with zero attached hydrogens (tertiary/aromatic N) is 3. The zero-order valence-electron chi connectivity index (χ0n) is 10.4. The molecule has 3 N–H and O–H groups in total. The lowest BCUT2D eigenvalue weighted by Gasteiger charge is -2.09. The lowest BCUT2D eigenvalue weighted by molar-refractivity contribution is 0.197. The molecule has 0 fully saturated rings. The fourth-order valence-corrected chi connectivity index (χ4v) is 1.13. The lowest BCUT2D eigenvalue weighted by atomic mass is 10.4. The van der Waals surface area contributed by atoms with Gasteiger partial charge in [0.05, 0.1) is 6.10 Å². The van der Waals surface area contributed by atoms with Crippen molar-refractivity contribution in [2.45, 2.75) is 26.4 Å². The monoisotopic (exact) mass is 241 g/mol. The highest BCUT2D eigenvalue weighted by atomic mass is 16.5. The number of ether oxygens (including phenoxy) is 2. The van der Waals surface area contributed by atoms with Crippen LogP contribution in [-0.4, -0.2) is 41.3 Å². The van der Waals surface area contributed by atoms with Crippen LogP contribution in [-0.2, 0) is 4.74 Å². The van der Waals surface area contributed by atoms with Gasteiger partial charge in [-0.15, -0.1) is 0 Å². The molecule has 7 heteroatoms. The summed E-state index contributed by atoms with van der Waals surface area (Å²) >= 11 is 0. The molecule has 0 atom stereocenters. The molecule has 7 nitrogen and oxygen atoms in total. The molecule has 0 spiro atoms. The number of nitrogen functional groups attached to an aromatic ring is 1. The summed E-state index contributed by atoms with van der Waals surface area (Å²) in [7, 11) is 1.66. The van der Waals surface area contributed by atoms with Crippen molar-refractivity contribution in [1.29, 1.82) is 0 Å². The van der Waals surface area contributed by atoms with Gasteiger partial charge in [-0.2, -0.15) is 15.0 Å². The number of hydrogen-bond acceptors (Lipinski definition) is 7. The van der Waals surface area contributed by atoms with Gasteiger partial charge in [0.1, 0.15) is 0 Å². The quantitative estimate of drug-likeness (QED) is 0.678. The van der Waals surface area contributed by atoms with Crippen molar-refractivity contribution in [2.24, 2.45) is 0 Å². The number of aromatic nitrogens is 3. The number of nitrogens with one attached hydrogen (secondary N) is 1. The Balaban J connectivity index is 2.56. The van der Waals surface area contributed by atoms with E-state index in [1.165, 1.54) is 0 Å². The van der Waals surface area contributed by atoms with Crippen LogP contribution in [0, 0.1) is 0 Å². The molecule has 0 bridgehead atoms. The lowest BCUT2D eigenvalue weighted by Crippen LogP contribution is -2.13. The van der Waals surface area contributed by atoms with Crippen molar-refractivity contribution in [2.75, 3.05) is 31.3 Å². The number of anilines is 2. The third kappa shape index (κ3) is 5.30. The first kappa shape index (κ1) is 13.4. The zero-order valence-corrected chi connectivity index (χ0v) is 10.4. The third-order valence-electron chi connectivity index (χ3n) is 1.78. The van der Waals surface area contributed by atoms with E-state index in [9.17, 15) is 0 Å². The Morgan fingerprint density at radius 1 is 1.29 bits per heavy atom. The van der Waals surface area contributed by atoms with E-state index in [2.05, 4.69) is 20.3 Å². The highest BCUT2D eigenvalue weighted by Gasteiger charge is 2.06. The summed E-state index contributed by atoms with van der Waals surface area (Å²) in [6.07, 6.45) is 0.862. The summed E-state index contributed by atoms with van der Waals surface area (Å²) in [6.45, 7) is 5.18. The fraction of sp³-hybridized carbons (Fsp3) is 0.700. The Morgan fingerprint density at radius 3 is 2.71 bits per heavy atom. The van der Waals surface area contributed by atoms with Gasteiger partial charge in [0.2, 0.25) is 11.9 Å². The van der Waals surface area contributed by atoms with Crippen molar-refractivity contribution >= 4 is 11.9 Å². The fourth-order valence-electron chi connectivity index (χ4n) is 1.13. The molecule has 1 rings (SSSR count). The molecule has 1 aromatic heterocycles. The van der Waals surface area contributed by atoms with E-state index in [1.54, 1.807) is 7.11 Å². The molecule has 1 aromatic rings. The molecule has 1 heterocycles. The average Bonchev–Trinajstić information content (AvgIpc) is 2.22.